The summed E-state index contributed by atoms with van der Waals surface area (Å²) >= 11 is 5.09. The van der Waals surface area contributed by atoms with Crippen molar-refractivity contribution in [2.75, 3.05) is 18.4 Å². The molecule has 0 aromatic carbocycles. The van der Waals surface area contributed by atoms with Crippen LogP contribution in [-0.2, 0) is 14.5 Å². The summed E-state index contributed by atoms with van der Waals surface area (Å²) in [5, 5.41) is 0. The molecule has 0 radical (unpaired) electrons. The van der Waals surface area contributed by atoms with Gasteiger partial charge in [0.25, 0.3) is 5.91 Å². The van der Waals surface area contributed by atoms with Crippen LogP contribution >= 0.6 is 11.6 Å². The van der Waals surface area contributed by atoms with Gasteiger partial charge in [0.2, 0.25) is 0 Å². The number of carbonyl (C=O) groups is 1. The average Bonchev–Trinajstić information content (AvgIpc) is 1.62. The third-order valence-corrected chi connectivity index (χ3v) is 1.31. The Morgan fingerprint density at radius 3 is 2.22 bits per heavy atom. The van der Waals surface area contributed by atoms with Crippen molar-refractivity contribution in [1.29, 1.82) is 0 Å². The zero-order valence-corrected chi connectivity index (χ0v) is 6.83. The first-order chi connectivity index (χ1) is 3.95. The maximum atomic E-state index is 10.7. The summed E-state index contributed by atoms with van der Waals surface area (Å²) in [6.45, 7) is 0. The summed E-state index contributed by atoms with van der Waals surface area (Å²) in [6.07, 6.45) is 2.77. The first-order valence-corrected chi connectivity index (χ1v) is 5.08. The molecule has 1 amide bonds. The third-order valence-electron chi connectivity index (χ3n) is 0.436. The van der Waals surface area contributed by atoms with E-state index >= 15 is 0 Å². The number of hydrogen-bond donors (Lipinski definition) is 0. The Morgan fingerprint density at radius 1 is 1.67 bits per heavy atom. The molecule has 0 aliphatic rings. The first kappa shape index (κ1) is 8.91. The standard InChI is InChI=1S/C4H8ClNO2S/c1-9(2,8)6-4(7)3-5/h3H2,1-2H3. The molecule has 9 heavy (non-hydrogen) atoms. The molecule has 0 bridgehead atoms. The van der Waals surface area contributed by atoms with Gasteiger partial charge in [-0.2, -0.15) is 4.36 Å². The summed E-state index contributed by atoms with van der Waals surface area (Å²) in [5.41, 5.74) is 0. The zero-order chi connectivity index (χ0) is 7.49. The molecule has 0 aliphatic carbocycles. The Bertz CT molecular complexity index is 209. The minimum Gasteiger partial charge on any atom is -0.271 e. The number of rotatable bonds is 1. The van der Waals surface area contributed by atoms with Crippen LogP contribution in [0.5, 0.6) is 0 Å². The van der Waals surface area contributed by atoms with E-state index < -0.39 is 15.6 Å². The molecular formula is C4H8ClNO2S. The number of hydrogen-bond acceptors (Lipinski definition) is 2. The van der Waals surface area contributed by atoms with Crippen molar-refractivity contribution in [2.24, 2.45) is 4.36 Å². The Hall–Kier alpha value is -0.0900. The van der Waals surface area contributed by atoms with Gasteiger partial charge < -0.3 is 0 Å². The SMILES string of the molecule is CS(C)(=O)=NC(=O)CCl. The zero-order valence-electron chi connectivity index (χ0n) is 5.26. The van der Waals surface area contributed by atoms with Crippen LogP contribution in [0.2, 0.25) is 0 Å². The van der Waals surface area contributed by atoms with E-state index in [2.05, 4.69) is 4.36 Å². The van der Waals surface area contributed by atoms with Gasteiger partial charge in [-0.1, -0.05) is 0 Å². The van der Waals surface area contributed by atoms with Gasteiger partial charge in [-0.15, -0.1) is 11.6 Å². The number of carbonyl (C=O) groups excluding carboxylic acids is 1. The fraction of sp³-hybridized carbons (Fsp3) is 0.750. The minimum atomic E-state index is -2.29. The quantitative estimate of drug-likeness (QED) is 0.536. The maximum Gasteiger partial charge on any atom is 0.268 e. The minimum absolute atomic E-state index is 0.196. The Labute approximate surface area is 59.6 Å². The van der Waals surface area contributed by atoms with Crippen molar-refractivity contribution >= 4 is 27.2 Å². The smallest absolute Gasteiger partial charge is 0.268 e. The highest BCUT2D eigenvalue weighted by Gasteiger charge is 1.96. The van der Waals surface area contributed by atoms with E-state index in [0.717, 1.165) is 0 Å². The van der Waals surface area contributed by atoms with E-state index in [-0.39, 0.29) is 5.88 Å². The normalized spacial score (nSPS) is 11.0. The molecule has 0 unspecified atom stereocenters. The molecule has 0 heterocycles. The first-order valence-electron chi connectivity index (χ1n) is 2.21. The van der Waals surface area contributed by atoms with Gasteiger partial charge in [-0.05, 0) is 0 Å². The predicted molar refractivity (Wildman–Crippen MR) is 38.1 cm³/mol. The van der Waals surface area contributed by atoms with E-state index in [1.165, 1.54) is 12.5 Å². The molecule has 54 valence electrons. The van der Waals surface area contributed by atoms with E-state index in [4.69, 9.17) is 11.6 Å². The van der Waals surface area contributed by atoms with Gasteiger partial charge in [0.05, 0.1) is 0 Å². The van der Waals surface area contributed by atoms with Crippen molar-refractivity contribution in [3.8, 4) is 0 Å². The number of amides is 1. The molecule has 0 rings (SSSR count). The van der Waals surface area contributed by atoms with Gasteiger partial charge in [0.15, 0.2) is 0 Å². The lowest BCUT2D eigenvalue weighted by Gasteiger charge is -1.89. The molecule has 3 nitrogen and oxygen atoms in total. The topological polar surface area (TPSA) is 46.5 Å². The molecule has 5 heteroatoms. The van der Waals surface area contributed by atoms with Gasteiger partial charge >= 0.3 is 0 Å². The second-order valence-corrected chi connectivity index (χ2v) is 4.61. The molecule has 0 saturated carbocycles. The summed E-state index contributed by atoms with van der Waals surface area (Å²) in [4.78, 5) is 10.3. The fourth-order valence-corrected chi connectivity index (χ4v) is 0.955. The highest BCUT2D eigenvalue weighted by atomic mass is 35.5. The second kappa shape index (κ2) is 3.17. The van der Waals surface area contributed by atoms with Crippen LogP contribution in [0.3, 0.4) is 0 Å². The van der Waals surface area contributed by atoms with Crippen molar-refractivity contribution in [3.05, 3.63) is 0 Å². The van der Waals surface area contributed by atoms with E-state index in [1.807, 2.05) is 0 Å². The van der Waals surface area contributed by atoms with Crippen molar-refractivity contribution in [1.82, 2.24) is 0 Å². The lowest BCUT2D eigenvalue weighted by molar-refractivity contribution is -0.115. The van der Waals surface area contributed by atoms with Crippen LogP contribution in [0.1, 0.15) is 0 Å². The monoisotopic (exact) mass is 169 g/mol. The lowest BCUT2D eigenvalue weighted by Crippen LogP contribution is -2.00. The van der Waals surface area contributed by atoms with Crippen LogP contribution in [0.4, 0.5) is 0 Å². The van der Waals surface area contributed by atoms with Crippen LogP contribution in [0, 0.1) is 0 Å². The summed E-state index contributed by atoms with van der Waals surface area (Å²) in [7, 11) is -2.29. The predicted octanol–water partition coefficient (Wildman–Crippen LogP) is 0.479. The van der Waals surface area contributed by atoms with Crippen molar-refractivity contribution < 1.29 is 9.00 Å². The Balaban J connectivity index is 4.33. The summed E-state index contributed by atoms with van der Waals surface area (Å²) in [5.74, 6) is -0.717. The van der Waals surface area contributed by atoms with Gasteiger partial charge in [-0.25, -0.2) is 4.21 Å². The molecule has 0 aromatic rings. The van der Waals surface area contributed by atoms with E-state index in [1.54, 1.807) is 0 Å². The molecular weight excluding hydrogens is 162 g/mol. The van der Waals surface area contributed by atoms with Crippen molar-refractivity contribution in [3.63, 3.8) is 0 Å². The molecule has 0 atom stereocenters. The largest absolute Gasteiger partial charge is 0.271 e. The fourth-order valence-electron chi connectivity index (χ4n) is 0.270. The lowest BCUT2D eigenvalue weighted by atomic mass is 10.8. The second-order valence-electron chi connectivity index (χ2n) is 1.80. The molecule has 0 fully saturated rings. The molecule has 0 N–H and O–H groups in total. The molecule has 0 saturated heterocycles. The highest BCUT2D eigenvalue weighted by molar-refractivity contribution is 7.92. The average molecular weight is 170 g/mol. The number of alkyl halides is 1. The molecule has 0 aromatic heterocycles. The van der Waals surface area contributed by atoms with E-state index in [9.17, 15) is 9.00 Å². The van der Waals surface area contributed by atoms with Crippen LogP contribution in [0.15, 0.2) is 4.36 Å². The van der Waals surface area contributed by atoms with Gasteiger partial charge in [0, 0.05) is 22.2 Å². The summed E-state index contributed by atoms with van der Waals surface area (Å²) in [6, 6.07) is 0. The van der Waals surface area contributed by atoms with Crippen LogP contribution in [-0.4, -0.2) is 28.5 Å². The Morgan fingerprint density at radius 2 is 2.11 bits per heavy atom. The highest BCUT2D eigenvalue weighted by Crippen LogP contribution is 1.87. The van der Waals surface area contributed by atoms with Crippen LogP contribution < -0.4 is 0 Å². The van der Waals surface area contributed by atoms with Gasteiger partial charge in [-0.3, -0.25) is 4.79 Å². The van der Waals surface area contributed by atoms with Crippen molar-refractivity contribution in [2.45, 2.75) is 0 Å². The summed E-state index contributed by atoms with van der Waals surface area (Å²) < 4.78 is 14.0. The Kier molecular flexibility index (Phi) is 3.14. The maximum absolute atomic E-state index is 10.7. The number of nitrogens with zero attached hydrogens (tertiary/aromatic N) is 1. The third kappa shape index (κ3) is 5.79. The molecule has 0 aliphatic heterocycles. The van der Waals surface area contributed by atoms with E-state index in [0.29, 0.717) is 0 Å². The van der Waals surface area contributed by atoms with Gasteiger partial charge in [0.1, 0.15) is 5.88 Å². The van der Waals surface area contributed by atoms with Crippen LogP contribution in [0.25, 0.3) is 0 Å². The number of halogens is 1. The molecule has 0 spiro atoms.